The van der Waals surface area contributed by atoms with Gasteiger partial charge in [0, 0.05) is 0 Å². The van der Waals surface area contributed by atoms with E-state index < -0.39 is 29.9 Å². The minimum Gasteiger partial charge on any atom is -0.491 e. The topological polar surface area (TPSA) is 31.4 Å². The van der Waals surface area contributed by atoms with Crippen LogP contribution in [0.5, 0.6) is 11.6 Å². The van der Waals surface area contributed by atoms with Gasteiger partial charge in [0.2, 0.25) is 0 Å². The molecule has 102 valence electrons. The predicted molar refractivity (Wildman–Crippen MR) is 47.2 cm³/mol. The van der Waals surface area contributed by atoms with Gasteiger partial charge in [-0.3, -0.25) is 0 Å². The lowest BCUT2D eigenvalue weighted by molar-refractivity contribution is -0.277. The minimum atomic E-state index is -5.16. The summed E-state index contributed by atoms with van der Waals surface area (Å²) in [5, 5.41) is 0. The van der Waals surface area contributed by atoms with Crippen molar-refractivity contribution >= 4 is 0 Å². The van der Waals surface area contributed by atoms with Crippen molar-refractivity contribution in [1.82, 2.24) is 4.98 Å². The SMILES string of the molecule is COc1c(C)cc(C(F)(F)F)nc1OC(F)(F)F. The van der Waals surface area contributed by atoms with Crippen LogP contribution in [0.2, 0.25) is 0 Å². The quantitative estimate of drug-likeness (QED) is 0.776. The Hall–Kier alpha value is -1.67. The van der Waals surface area contributed by atoms with Crippen LogP contribution in [0.15, 0.2) is 6.07 Å². The smallest absolute Gasteiger partial charge is 0.491 e. The second-order valence-corrected chi connectivity index (χ2v) is 3.21. The number of aromatic nitrogens is 1. The van der Waals surface area contributed by atoms with Crippen LogP contribution < -0.4 is 9.47 Å². The lowest BCUT2D eigenvalue weighted by Gasteiger charge is -2.15. The van der Waals surface area contributed by atoms with Gasteiger partial charge in [-0.15, -0.1) is 13.2 Å². The van der Waals surface area contributed by atoms with Crippen molar-refractivity contribution in [2.45, 2.75) is 19.5 Å². The Morgan fingerprint density at radius 1 is 1.11 bits per heavy atom. The number of halogens is 6. The minimum absolute atomic E-state index is 0.168. The number of nitrogens with zero attached hydrogens (tertiary/aromatic N) is 1. The van der Waals surface area contributed by atoms with Crippen LogP contribution in [0.4, 0.5) is 26.3 Å². The van der Waals surface area contributed by atoms with Gasteiger partial charge in [0.15, 0.2) is 5.75 Å². The van der Waals surface area contributed by atoms with Gasteiger partial charge in [0.25, 0.3) is 5.88 Å². The van der Waals surface area contributed by atoms with Crippen LogP contribution in [-0.2, 0) is 6.18 Å². The van der Waals surface area contributed by atoms with E-state index in [1.165, 1.54) is 0 Å². The van der Waals surface area contributed by atoms with Crippen LogP contribution >= 0.6 is 0 Å². The molecule has 0 atom stereocenters. The monoisotopic (exact) mass is 275 g/mol. The summed E-state index contributed by atoms with van der Waals surface area (Å²) in [6.45, 7) is 1.15. The molecule has 0 aliphatic heterocycles. The van der Waals surface area contributed by atoms with Crippen LogP contribution in [0, 0.1) is 6.92 Å². The molecule has 3 nitrogen and oxygen atoms in total. The maximum absolute atomic E-state index is 12.4. The molecule has 0 aliphatic carbocycles. The van der Waals surface area contributed by atoms with Crippen LogP contribution in [0.25, 0.3) is 0 Å². The van der Waals surface area contributed by atoms with Crippen molar-refractivity contribution in [3.8, 4) is 11.6 Å². The Balaban J connectivity index is 3.33. The molecule has 1 heterocycles. The summed E-state index contributed by atoms with van der Waals surface area (Å²) in [5.74, 6) is -1.77. The van der Waals surface area contributed by atoms with E-state index >= 15 is 0 Å². The van der Waals surface area contributed by atoms with Gasteiger partial charge in [-0.25, -0.2) is 4.98 Å². The Morgan fingerprint density at radius 2 is 1.67 bits per heavy atom. The van der Waals surface area contributed by atoms with E-state index in [0.29, 0.717) is 6.07 Å². The second kappa shape index (κ2) is 4.54. The average Bonchev–Trinajstić information content (AvgIpc) is 2.13. The summed E-state index contributed by atoms with van der Waals surface area (Å²) in [6, 6.07) is 0.571. The first kappa shape index (κ1) is 14.4. The fraction of sp³-hybridized carbons (Fsp3) is 0.444. The molecule has 1 aromatic rings. The third-order valence-corrected chi connectivity index (χ3v) is 1.83. The summed E-state index contributed by atoms with van der Waals surface area (Å²) in [7, 11) is 1.00. The number of aryl methyl sites for hydroxylation is 1. The summed E-state index contributed by atoms with van der Waals surface area (Å²) < 4.78 is 81.1. The van der Waals surface area contributed by atoms with E-state index in [1.54, 1.807) is 0 Å². The Kier molecular flexibility index (Phi) is 3.63. The zero-order valence-electron chi connectivity index (χ0n) is 9.11. The molecule has 0 bridgehead atoms. The number of hydrogen-bond acceptors (Lipinski definition) is 3. The standard InChI is InChI=1S/C9H7F6NO2/c1-4-3-5(8(10,11)12)16-7(6(4)17-2)18-9(13,14)15/h3H,1-2H3. The van der Waals surface area contributed by atoms with Gasteiger partial charge in [-0.05, 0) is 18.6 Å². The molecule has 0 N–H and O–H groups in total. The lowest BCUT2D eigenvalue weighted by Crippen LogP contribution is -2.20. The highest BCUT2D eigenvalue weighted by Gasteiger charge is 2.38. The summed E-state index contributed by atoms with van der Waals surface area (Å²) >= 11 is 0. The molecule has 0 radical (unpaired) electrons. The summed E-state index contributed by atoms with van der Waals surface area (Å²) in [5.41, 5.74) is -1.65. The van der Waals surface area contributed by atoms with Gasteiger partial charge in [-0.1, -0.05) is 0 Å². The highest BCUT2D eigenvalue weighted by atomic mass is 19.4. The van der Waals surface area contributed by atoms with E-state index in [4.69, 9.17) is 0 Å². The molecule has 1 rings (SSSR count). The van der Waals surface area contributed by atoms with Crippen molar-refractivity contribution in [1.29, 1.82) is 0 Å². The normalized spacial score (nSPS) is 12.4. The van der Waals surface area contributed by atoms with Crippen LogP contribution in [-0.4, -0.2) is 18.5 Å². The zero-order chi connectivity index (χ0) is 14.1. The van der Waals surface area contributed by atoms with Gasteiger partial charge >= 0.3 is 12.5 Å². The number of methoxy groups -OCH3 is 1. The molecular weight excluding hydrogens is 268 g/mol. The molecule has 0 saturated carbocycles. The van der Waals surface area contributed by atoms with E-state index in [-0.39, 0.29) is 5.56 Å². The van der Waals surface area contributed by atoms with Crippen molar-refractivity contribution in [3.63, 3.8) is 0 Å². The third-order valence-electron chi connectivity index (χ3n) is 1.83. The van der Waals surface area contributed by atoms with E-state index in [0.717, 1.165) is 14.0 Å². The first-order valence-corrected chi connectivity index (χ1v) is 4.43. The molecule has 0 saturated heterocycles. The van der Waals surface area contributed by atoms with Crippen molar-refractivity contribution in [2.75, 3.05) is 7.11 Å². The van der Waals surface area contributed by atoms with Crippen molar-refractivity contribution in [3.05, 3.63) is 17.3 Å². The first-order chi connectivity index (χ1) is 8.04. The van der Waals surface area contributed by atoms with Crippen molar-refractivity contribution < 1.29 is 35.8 Å². The predicted octanol–water partition coefficient (Wildman–Crippen LogP) is 3.32. The Bertz CT molecular complexity index is 440. The highest BCUT2D eigenvalue weighted by Crippen LogP contribution is 2.37. The fourth-order valence-corrected chi connectivity index (χ4v) is 1.20. The Labute approximate surface area is 97.3 Å². The number of alkyl halides is 6. The largest absolute Gasteiger partial charge is 0.574 e. The van der Waals surface area contributed by atoms with Gasteiger partial charge < -0.3 is 9.47 Å². The molecule has 9 heteroatoms. The lowest BCUT2D eigenvalue weighted by atomic mass is 10.2. The molecule has 0 fully saturated rings. The van der Waals surface area contributed by atoms with E-state index in [2.05, 4.69) is 14.5 Å². The number of rotatable bonds is 2. The molecule has 0 amide bonds. The molecule has 18 heavy (non-hydrogen) atoms. The molecule has 0 spiro atoms. The zero-order valence-corrected chi connectivity index (χ0v) is 9.11. The molecule has 1 aromatic heterocycles. The van der Waals surface area contributed by atoms with Crippen LogP contribution in [0.3, 0.4) is 0 Å². The molecule has 0 aliphatic rings. The molecule has 0 aromatic carbocycles. The maximum Gasteiger partial charge on any atom is 0.574 e. The third kappa shape index (κ3) is 3.41. The average molecular weight is 275 g/mol. The molecule has 0 unspecified atom stereocenters. The molecular formula is C9H7F6NO2. The second-order valence-electron chi connectivity index (χ2n) is 3.21. The number of pyridine rings is 1. The van der Waals surface area contributed by atoms with Gasteiger partial charge in [0.05, 0.1) is 7.11 Å². The highest BCUT2D eigenvalue weighted by molar-refractivity contribution is 5.43. The maximum atomic E-state index is 12.4. The number of hydrogen-bond donors (Lipinski definition) is 0. The van der Waals surface area contributed by atoms with Gasteiger partial charge in [-0.2, -0.15) is 13.2 Å². The van der Waals surface area contributed by atoms with Crippen LogP contribution in [0.1, 0.15) is 11.3 Å². The fourth-order valence-electron chi connectivity index (χ4n) is 1.20. The Morgan fingerprint density at radius 3 is 2.06 bits per heavy atom. The van der Waals surface area contributed by atoms with E-state index in [9.17, 15) is 26.3 Å². The van der Waals surface area contributed by atoms with Crippen molar-refractivity contribution in [2.24, 2.45) is 0 Å². The first-order valence-electron chi connectivity index (χ1n) is 4.43. The summed E-state index contributed by atoms with van der Waals surface area (Å²) in [4.78, 5) is 2.77. The van der Waals surface area contributed by atoms with Gasteiger partial charge in [0.1, 0.15) is 5.69 Å². The van der Waals surface area contributed by atoms with E-state index in [1.807, 2.05) is 0 Å². The number of ether oxygens (including phenoxy) is 2. The summed E-state index contributed by atoms with van der Waals surface area (Å²) in [6.07, 6.45) is -10.0.